The number of anilines is 1. The highest BCUT2D eigenvalue weighted by Crippen LogP contribution is 2.27. The number of piperazine rings is 1. The SMILES string of the molecule is Cl.O=C(O)CN1CCN(c2ccc(-c3cnnc(-c4ccccc4F)c3)cc2)CC1. The number of hydrogen-bond acceptors (Lipinski definition) is 5. The van der Waals surface area contributed by atoms with Crippen molar-refractivity contribution in [2.75, 3.05) is 37.6 Å². The Morgan fingerprint density at radius 2 is 1.70 bits per heavy atom. The average Bonchev–Trinajstić information content (AvgIpc) is 2.74. The van der Waals surface area contributed by atoms with Gasteiger partial charge in [-0.1, -0.05) is 24.3 Å². The number of carbonyl (C=O) groups is 1. The lowest BCUT2D eigenvalue weighted by molar-refractivity contribution is -0.138. The van der Waals surface area contributed by atoms with Crippen LogP contribution in [-0.2, 0) is 4.79 Å². The summed E-state index contributed by atoms with van der Waals surface area (Å²) in [5.41, 5.74) is 3.87. The van der Waals surface area contributed by atoms with Crippen LogP contribution in [0.1, 0.15) is 0 Å². The third-order valence-corrected chi connectivity index (χ3v) is 5.10. The highest BCUT2D eigenvalue weighted by Gasteiger charge is 2.19. The summed E-state index contributed by atoms with van der Waals surface area (Å²) in [6, 6.07) is 16.5. The van der Waals surface area contributed by atoms with Crippen LogP contribution in [0, 0.1) is 5.82 Å². The molecule has 156 valence electrons. The molecule has 30 heavy (non-hydrogen) atoms. The molecule has 1 aliphatic rings. The van der Waals surface area contributed by atoms with Crippen molar-refractivity contribution in [3.8, 4) is 22.4 Å². The van der Waals surface area contributed by atoms with Gasteiger partial charge in [0.1, 0.15) is 5.82 Å². The number of carboxylic acids is 1. The summed E-state index contributed by atoms with van der Waals surface area (Å²) in [5, 5.41) is 17.0. The molecule has 0 atom stereocenters. The van der Waals surface area contributed by atoms with E-state index in [9.17, 15) is 9.18 Å². The Bertz CT molecular complexity index is 1010. The molecule has 2 heterocycles. The van der Waals surface area contributed by atoms with Crippen molar-refractivity contribution >= 4 is 24.1 Å². The molecule has 0 aliphatic carbocycles. The zero-order chi connectivity index (χ0) is 20.2. The van der Waals surface area contributed by atoms with Crippen molar-refractivity contribution in [1.82, 2.24) is 15.1 Å². The summed E-state index contributed by atoms with van der Waals surface area (Å²) >= 11 is 0. The molecule has 1 N–H and O–H groups in total. The smallest absolute Gasteiger partial charge is 0.317 e. The predicted octanol–water partition coefficient (Wildman–Crippen LogP) is 3.58. The number of aliphatic carboxylic acids is 1. The van der Waals surface area contributed by atoms with Gasteiger partial charge >= 0.3 is 5.97 Å². The van der Waals surface area contributed by atoms with E-state index in [0.29, 0.717) is 11.3 Å². The Hall–Kier alpha value is -3.03. The van der Waals surface area contributed by atoms with Crippen molar-refractivity contribution in [2.45, 2.75) is 0 Å². The van der Waals surface area contributed by atoms with Gasteiger partial charge in [0.2, 0.25) is 0 Å². The van der Waals surface area contributed by atoms with E-state index < -0.39 is 5.97 Å². The summed E-state index contributed by atoms with van der Waals surface area (Å²) in [6.07, 6.45) is 1.67. The Morgan fingerprint density at radius 1 is 1.00 bits per heavy atom. The quantitative estimate of drug-likeness (QED) is 0.670. The second-order valence-corrected chi connectivity index (χ2v) is 7.01. The molecule has 0 bridgehead atoms. The number of aromatic nitrogens is 2. The summed E-state index contributed by atoms with van der Waals surface area (Å²) in [5.74, 6) is -1.11. The third kappa shape index (κ3) is 4.93. The molecular formula is C22H22ClFN4O2. The molecule has 4 rings (SSSR count). The maximum absolute atomic E-state index is 14.1. The second kappa shape index (κ2) is 9.65. The predicted molar refractivity (Wildman–Crippen MR) is 116 cm³/mol. The van der Waals surface area contributed by atoms with E-state index >= 15 is 0 Å². The lowest BCUT2D eigenvalue weighted by atomic mass is 10.0. The first kappa shape index (κ1) is 21.7. The minimum absolute atomic E-state index is 0. The molecule has 0 unspecified atom stereocenters. The van der Waals surface area contributed by atoms with Gasteiger partial charge in [0.25, 0.3) is 0 Å². The average molecular weight is 429 g/mol. The van der Waals surface area contributed by atoms with E-state index in [1.807, 2.05) is 35.2 Å². The minimum Gasteiger partial charge on any atom is -0.480 e. The van der Waals surface area contributed by atoms with Gasteiger partial charge in [0.15, 0.2) is 0 Å². The Labute approximate surface area is 180 Å². The molecule has 1 saturated heterocycles. The molecule has 0 radical (unpaired) electrons. The van der Waals surface area contributed by atoms with Gasteiger partial charge < -0.3 is 10.0 Å². The second-order valence-electron chi connectivity index (χ2n) is 7.01. The Balaban J connectivity index is 0.00000256. The maximum Gasteiger partial charge on any atom is 0.317 e. The van der Waals surface area contributed by atoms with Gasteiger partial charge in [-0.3, -0.25) is 9.69 Å². The minimum atomic E-state index is -0.788. The number of nitrogens with zero attached hydrogens (tertiary/aromatic N) is 4. The molecule has 0 amide bonds. The molecular weight excluding hydrogens is 407 g/mol. The summed E-state index contributed by atoms with van der Waals surface area (Å²) in [4.78, 5) is 15.0. The highest BCUT2D eigenvalue weighted by atomic mass is 35.5. The van der Waals surface area contributed by atoms with Crippen molar-refractivity contribution in [2.24, 2.45) is 0 Å². The Morgan fingerprint density at radius 3 is 2.37 bits per heavy atom. The molecule has 1 aromatic heterocycles. The highest BCUT2D eigenvalue weighted by molar-refractivity contribution is 5.85. The van der Waals surface area contributed by atoms with Crippen LogP contribution in [0.5, 0.6) is 0 Å². The number of rotatable bonds is 5. The summed E-state index contributed by atoms with van der Waals surface area (Å²) in [6.45, 7) is 3.14. The third-order valence-electron chi connectivity index (χ3n) is 5.10. The zero-order valence-corrected chi connectivity index (χ0v) is 17.1. The summed E-state index contributed by atoms with van der Waals surface area (Å²) in [7, 11) is 0. The fraction of sp³-hybridized carbons (Fsp3) is 0.227. The zero-order valence-electron chi connectivity index (χ0n) is 16.2. The fourth-order valence-electron chi connectivity index (χ4n) is 3.55. The number of carboxylic acid groups (broad SMARTS) is 1. The van der Waals surface area contributed by atoms with Crippen LogP contribution >= 0.6 is 12.4 Å². The van der Waals surface area contributed by atoms with Gasteiger partial charge in [0.05, 0.1) is 18.4 Å². The first-order chi connectivity index (χ1) is 14.1. The van der Waals surface area contributed by atoms with E-state index in [4.69, 9.17) is 5.11 Å². The van der Waals surface area contributed by atoms with Gasteiger partial charge in [-0.2, -0.15) is 10.2 Å². The molecule has 1 fully saturated rings. The molecule has 0 saturated carbocycles. The van der Waals surface area contributed by atoms with Crippen molar-refractivity contribution in [1.29, 1.82) is 0 Å². The lowest BCUT2D eigenvalue weighted by Crippen LogP contribution is -2.47. The largest absolute Gasteiger partial charge is 0.480 e. The van der Waals surface area contributed by atoms with Crippen LogP contribution < -0.4 is 4.90 Å². The normalized spacial score (nSPS) is 14.2. The summed E-state index contributed by atoms with van der Waals surface area (Å²) < 4.78 is 14.1. The topological polar surface area (TPSA) is 69.6 Å². The molecule has 6 nitrogen and oxygen atoms in total. The molecule has 0 spiro atoms. The van der Waals surface area contributed by atoms with Gasteiger partial charge in [-0.25, -0.2) is 4.39 Å². The maximum atomic E-state index is 14.1. The lowest BCUT2D eigenvalue weighted by Gasteiger charge is -2.35. The van der Waals surface area contributed by atoms with Crippen LogP contribution in [-0.4, -0.2) is 58.9 Å². The van der Waals surface area contributed by atoms with Crippen LogP contribution in [0.3, 0.4) is 0 Å². The van der Waals surface area contributed by atoms with Crippen molar-refractivity contribution in [3.63, 3.8) is 0 Å². The van der Waals surface area contributed by atoms with E-state index in [2.05, 4.69) is 15.1 Å². The first-order valence-electron chi connectivity index (χ1n) is 9.47. The van der Waals surface area contributed by atoms with E-state index in [1.165, 1.54) is 6.07 Å². The van der Waals surface area contributed by atoms with Gasteiger partial charge in [-0.15, -0.1) is 12.4 Å². The number of hydrogen-bond donors (Lipinski definition) is 1. The number of benzene rings is 2. The van der Waals surface area contributed by atoms with E-state index in [-0.39, 0.29) is 24.8 Å². The molecule has 3 aromatic rings. The monoisotopic (exact) mass is 428 g/mol. The first-order valence-corrected chi connectivity index (χ1v) is 9.47. The van der Waals surface area contributed by atoms with E-state index in [1.54, 1.807) is 24.4 Å². The van der Waals surface area contributed by atoms with Crippen molar-refractivity contribution in [3.05, 3.63) is 66.6 Å². The van der Waals surface area contributed by atoms with E-state index in [0.717, 1.165) is 43.0 Å². The molecule has 2 aromatic carbocycles. The van der Waals surface area contributed by atoms with Crippen LogP contribution in [0.15, 0.2) is 60.8 Å². The number of halogens is 2. The van der Waals surface area contributed by atoms with Gasteiger partial charge in [-0.05, 0) is 35.9 Å². The van der Waals surface area contributed by atoms with Crippen LogP contribution in [0.4, 0.5) is 10.1 Å². The van der Waals surface area contributed by atoms with Gasteiger partial charge in [0, 0.05) is 43.0 Å². The molecule has 8 heteroatoms. The van der Waals surface area contributed by atoms with Crippen LogP contribution in [0.25, 0.3) is 22.4 Å². The van der Waals surface area contributed by atoms with Crippen molar-refractivity contribution < 1.29 is 14.3 Å². The fourth-order valence-corrected chi connectivity index (χ4v) is 3.55. The van der Waals surface area contributed by atoms with Crippen LogP contribution in [0.2, 0.25) is 0 Å². The standard InChI is InChI=1S/C22H21FN4O2.ClH/c23-20-4-2-1-3-19(20)21-13-17(14-24-25-21)16-5-7-18(8-6-16)27-11-9-26(10-12-27)15-22(28)29;/h1-8,13-14H,9-12,15H2,(H,28,29);1H. The molecule has 1 aliphatic heterocycles. The Kier molecular flexibility index (Phi) is 6.97.